The molecule has 0 N–H and O–H groups in total. The fourth-order valence-corrected chi connectivity index (χ4v) is 3.44. The van der Waals surface area contributed by atoms with Crippen molar-refractivity contribution in [1.29, 1.82) is 0 Å². The zero-order valence-corrected chi connectivity index (χ0v) is 16.5. The molecule has 2 aromatic rings. The standard InChI is InChI=1S/C20H19FN2O4S/c1-20(2,3)27-17(24)12-23-18(25)16(28-19(23)26)11-15-5-4-10-22(15)14-8-6-13(21)7-9-14/h4-11H,12H2,1-3H3/b16-11-. The molecular formula is C20H19FN2O4S. The van der Waals surface area contributed by atoms with E-state index in [1.165, 1.54) is 12.1 Å². The third-order valence-corrected chi connectivity index (χ3v) is 4.65. The summed E-state index contributed by atoms with van der Waals surface area (Å²) >= 11 is 0.764. The first-order valence-corrected chi connectivity index (χ1v) is 9.36. The van der Waals surface area contributed by atoms with E-state index in [-0.39, 0.29) is 10.7 Å². The van der Waals surface area contributed by atoms with Gasteiger partial charge in [-0.25, -0.2) is 4.39 Å². The monoisotopic (exact) mass is 402 g/mol. The fraction of sp³-hybridized carbons (Fsp3) is 0.250. The van der Waals surface area contributed by atoms with E-state index in [0.717, 1.165) is 16.7 Å². The van der Waals surface area contributed by atoms with Crippen molar-refractivity contribution < 1.29 is 23.5 Å². The fourth-order valence-electron chi connectivity index (χ4n) is 2.62. The SMILES string of the molecule is CC(C)(C)OC(=O)CN1C(=O)S/C(=C\c2cccn2-c2ccc(F)cc2)C1=O. The summed E-state index contributed by atoms with van der Waals surface area (Å²) < 4.78 is 20.1. The molecule has 28 heavy (non-hydrogen) atoms. The number of benzene rings is 1. The van der Waals surface area contributed by atoms with Crippen LogP contribution in [0.4, 0.5) is 9.18 Å². The van der Waals surface area contributed by atoms with Crippen LogP contribution < -0.4 is 0 Å². The molecule has 1 aromatic carbocycles. The van der Waals surface area contributed by atoms with Crippen molar-refractivity contribution >= 4 is 35.0 Å². The smallest absolute Gasteiger partial charge is 0.326 e. The first-order chi connectivity index (χ1) is 13.1. The van der Waals surface area contributed by atoms with Crippen LogP contribution >= 0.6 is 11.8 Å². The average molecular weight is 402 g/mol. The van der Waals surface area contributed by atoms with Gasteiger partial charge in [0.05, 0.1) is 4.91 Å². The Morgan fingerprint density at radius 1 is 1.18 bits per heavy atom. The summed E-state index contributed by atoms with van der Waals surface area (Å²) in [6.07, 6.45) is 3.34. The van der Waals surface area contributed by atoms with E-state index in [0.29, 0.717) is 11.4 Å². The van der Waals surface area contributed by atoms with Crippen LogP contribution in [-0.4, -0.2) is 38.7 Å². The van der Waals surface area contributed by atoms with E-state index in [1.807, 2.05) is 0 Å². The Bertz CT molecular complexity index is 957. The van der Waals surface area contributed by atoms with Crippen molar-refractivity contribution in [3.63, 3.8) is 0 Å². The number of ether oxygens (including phenoxy) is 1. The average Bonchev–Trinajstić information content (AvgIpc) is 3.15. The summed E-state index contributed by atoms with van der Waals surface area (Å²) in [5.74, 6) is -1.54. The highest BCUT2D eigenvalue weighted by molar-refractivity contribution is 8.18. The summed E-state index contributed by atoms with van der Waals surface area (Å²) in [4.78, 5) is 37.8. The van der Waals surface area contributed by atoms with E-state index < -0.39 is 29.3 Å². The maximum atomic E-state index is 13.2. The molecule has 8 heteroatoms. The van der Waals surface area contributed by atoms with Crippen molar-refractivity contribution in [2.75, 3.05) is 6.54 Å². The maximum absolute atomic E-state index is 13.2. The first kappa shape index (κ1) is 19.9. The van der Waals surface area contributed by atoms with Gasteiger partial charge in [-0.3, -0.25) is 19.3 Å². The lowest BCUT2D eigenvalue weighted by molar-refractivity contribution is -0.156. The van der Waals surface area contributed by atoms with Gasteiger partial charge in [-0.15, -0.1) is 0 Å². The molecule has 1 saturated heterocycles. The number of thioether (sulfide) groups is 1. The summed E-state index contributed by atoms with van der Waals surface area (Å²) in [5.41, 5.74) is 0.657. The number of halogens is 1. The molecule has 1 aliphatic heterocycles. The number of carbonyl (C=O) groups excluding carboxylic acids is 3. The topological polar surface area (TPSA) is 68.6 Å². The molecule has 0 radical (unpaired) electrons. The number of rotatable bonds is 4. The lowest BCUT2D eigenvalue weighted by Gasteiger charge is -2.21. The van der Waals surface area contributed by atoms with Gasteiger partial charge in [0.1, 0.15) is 18.0 Å². The molecule has 0 unspecified atom stereocenters. The maximum Gasteiger partial charge on any atom is 0.326 e. The van der Waals surface area contributed by atoms with Crippen LogP contribution in [0.25, 0.3) is 11.8 Å². The molecule has 1 aliphatic rings. The van der Waals surface area contributed by atoms with Gasteiger partial charge in [0, 0.05) is 17.6 Å². The Morgan fingerprint density at radius 2 is 1.86 bits per heavy atom. The molecule has 3 rings (SSSR count). The van der Waals surface area contributed by atoms with Gasteiger partial charge in [-0.2, -0.15) is 0 Å². The Hall–Kier alpha value is -2.87. The highest BCUT2D eigenvalue weighted by Gasteiger charge is 2.37. The number of hydrogen-bond acceptors (Lipinski definition) is 5. The van der Waals surface area contributed by atoms with Gasteiger partial charge in [0.15, 0.2) is 0 Å². The molecule has 6 nitrogen and oxygen atoms in total. The molecule has 2 amide bonds. The van der Waals surface area contributed by atoms with Crippen LogP contribution in [0.15, 0.2) is 47.5 Å². The zero-order valence-electron chi connectivity index (χ0n) is 15.6. The Kier molecular flexibility index (Phi) is 5.42. The Balaban J connectivity index is 1.80. The number of carbonyl (C=O) groups is 3. The van der Waals surface area contributed by atoms with Crippen LogP contribution in [0.5, 0.6) is 0 Å². The number of esters is 1. The lowest BCUT2D eigenvalue weighted by atomic mass is 10.2. The van der Waals surface area contributed by atoms with Crippen LogP contribution in [0.2, 0.25) is 0 Å². The van der Waals surface area contributed by atoms with E-state index >= 15 is 0 Å². The summed E-state index contributed by atoms with van der Waals surface area (Å²) in [5, 5.41) is -0.526. The van der Waals surface area contributed by atoms with Crippen molar-refractivity contribution in [3.05, 3.63) is 59.0 Å². The van der Waals surface area contributed by atoms with Crippen LogP contribution in [0.1, 0.15) is 26.5 Å². The predicted octanol–water partition coefficient (Wildman–Crippen LogP) is 3.99. The molecule has 1 fully saturated rings. The van der Waals surface area contributed by atoms with Gasteiger partial charge >= 0.3 is 5.97 Å². The number of hydrogen-bond donors (Lipinski definition) is 0. The molecular weight excluding hydrogens is 383 g/mol. The zero-order chi connectivity index (χ0) is 20.5. The third kappa shape index (κ3) is 4.51. The van der Waals surface area contributed by atoms with Gasteiger partial charge in [-0.1, -0.05) is 0 Å². The molecule has 146 valence electrons. The highest BCUT2D eigenvalue weighted by Crippen LogP contribution is 2.32. The molecule has 0 spiro atoms. The van der Waals surface area contributed by atoms with Crippen molar-refractivity contribution in [2.24, 2.45) is 0 Å². The van der Waals surface area contributed by atoms with E-state index in [9.17, 15) is 18.8 Å². The third-order valence-electron chi connectivity index (χ3n) is 3.74. The molecule has 2 heterocycles. The van der Waals surface area contributed by atoms with Crippen molar-refractivity contribution in [1.82, 2.24) is 9.47 Å². The number of nitrogens with zero attached hydrogens (tertiary/aromatic N) is 2. The second-order valence-electron chi connectivity index (χ2n) is 7.13. The van der Waals surface area contributed by atoms with Crippen molar-refractivity contribution in [3.8, 4) is 5.69 Å². The minimum atomic E-state index is -0.704. The molecule has 0 atom stereocenters. The Morgan fingerprint density at radius 3 is 2.50 bits per heavy atom. The lowest BCUT2D eigenvalue weighted by Crippen LogP contribution is -2.37. The Labute approximate surface area is 166 Å². The largest absolute Gasteiger partial charge is 0.459 e. The van der Waals surface area contributed by atoms with E-state index in [4.69, 9.17) is 4.74 Å². The minimum absolute atomic E-state index is 0.204. The molecule has 1 aromatic heterocycles. The van der Waals surface area contributed by atoms with E-state index in [1.54, 1.807) is 61.9 Å². The normalized spacial score (nSPS) is 16.1. The summed E-state index contributed by atoms with van der Waals surface area (Å²) in [7, 11) is 0. The number of aromatic nitrogens is 1. The first-order valence-electron chi connectivity index (χ1n) is 8.54. The predicted molar refractivity (Wildman–Crippen MR) is 104 cm³/mol. The highest BCUT2D eigenvalue weighted by atomic mass is 32.2. The van der Waals surface area contributed by atoms with Crippen molar-refractivity contribution in [2.45, 2.75) is 26.4 Å². The van der Waals surface area contributed by atoms with Crippen LogP contribution in [-0.2, 0) is 14.3 Å². The quantitative estimate of drug-likeness (QED) is 0.571. The minimum Gasteiger partial charge on any atom is -0.459 e. The second kappa shape index (κ2) is 7.63. The number of imide groups is 1. The second-order valence-corrected chi connectivity index (χ2v) is 8.13. The summed E-state index contributed by atoms with van der Waals surface area (Å²) in [6.45, 7) is 4.70. The summed E-state index contributed by atoms with van der Waals surface area (Å²) in [6, 6.07) is 9.45. The molecule has 0 aliphatic carbocycles. The molecule has 0 bridgehead atoms. The van der Waals surface area contributed by atoms with Crippen LogP contribution in [0.3, 0.4) is 0 Å². The van der Waals surface area contributed by atoms with Gasteiger partial charge in [0.2, 0.25) is 0 Å². The van der Waals surface area contributed by atoms with Gasteiger partial charge in [-0.05, 0) is 75.0 Å². The number of amides is 2. The molecule has 0 saturated carbocycles. The van der Waals surface area contributed by atoms with Crippen LogP contribution in [0, 0.1) is 5.82 Å². The van der Waals surface area contributed by atoms with Gasteiger partial charge < -0.3 is 9.30 Å². The van der Waals surface area contributed by atoms with E-state index in [2.05, 4.69) is 0 Å². The van der Waals surface area contributed by atoms with Gasteiger partial charge in [0.25, 0.3) is 11.1 Å².